The Labute approximate surface area is 169 Å². The first-order chi connectivity index (χ1) is 14.3. The van der Waals surface area contributed by atoms with Crippen LogP contribution in [0.25, 0.3) is 22.2 Å². The summed E-state index contributed by atoms with van der Waals surface area (Å²) in [7, 11) is 0. The predicted octanol–water partition coefficient (Wildman–Crippen LogP) is 4.40. The number of rotatable bonds is 4. The van der Waals surface area contributed by atoms with Crippen molar-refractivity contribution in [2.24, 2.45) is 0 Å². The second-order valence-electron chi connectivity index (χ2n) is 7.30. The van der Waals surface area contributed by atoms with Crippen LogP contribution >= 0.6 is 0 Å². The van der Waals surface area contributed by atoms with Crippen molar-refractivity contribution >= 4 is 16.7 Å². The fourth-order valence-electron chi connectivity index (χ4n) is 3.95. The van der Waals surface area contributed by atoms with E-state index in [0.29, 0.717) is 11.9 Å². The largest absolute Gasteiger partial charge is 0.457 e. The molecule has 4 aromatic rings. The molecule has 0 radical (unpaired) electrons. The molecule has 146 valence electrons. The summed E-state index contributed by atoms with van der Waals surface area (Å²) in [6.07, 6.45) is 3.88. The topological polar surface area (TPSA) is 78.0 Å². The van der Waals surface area contributed by atoms with E-state index in [0.717, 1.165) is 59.6 Å². The van der Waals surface area contributed by atoms with Crippen molar-refractivity contribution in [1.82, 2.24) is 20.1 Å². The summed E-state index contributed by atoms with van der Waals surface area (Å²) in [5, 5.41) is 9.32. The highest BCUT2D eigenvalue weighted by molar-refractivity contribution is 6.00. The van der Waals surface area contributed by atoms with Crippen LogP contribution in [0.4, 0.5) is 5.82 Å². The van der Waals surface area contributed by atoms with E-state index in [1.165, 1.54) is 0 Å². The molecule has 5 rings (SSSR count). The number of nitrogens with two attached hydrogens (primary N) is 1. The van der Waals surface area contributed by atoms with Crippen LogP contribution in [0.15, 0.2) is 66.9 Å². The highest BCUT2D eigenvalue weighted by Gasteiger charge is 2.22. The van der Waals surface area contributed by atoms with Gasteiger partial charge in [-0.1, -0.05) is 18.2 Å². The summed E-state index contributed by atoms with van der Waals surface area (Å²) < 4.78 is 8.05. The van der Waals surface area contributed by atoms with Crippen molar-refractivity contribution in [1.29, 1.82) is 0 Å². The lowest BCUT2D eigenvalue weighted by atomic mass is 10.1. The molecule has 1 saturated heterocycles. The van der Waals surface area contributed by atoms with E-state index in [-0.39, 0.29) is 0 Å². The Hall–Kier alpha value is -3.38. The first-order valence-electron chi connectivity index (χ1n) is 9.96. The van der Waals surface area contributed by atoms with E-state index in [2.05, 4.69) is 15.0 Å². The fourth-order valence-corrected chi connectivity index (χ4v) is 3.95. The Kier molecular flexibility index (Phi) is 4.62. The van der Waals surface area contributed by atoms with Crippen LogP contribution < -0.4 is 15.8 Å². The minimum absolute atomic E-state index is 0.370. The third-order valence-electron chi connectivity index (χ3n) is 5.41. The molecule has 0 aliphatic carbocycles. The highest BCUT2D eigenvalue weighted by Crippen LogP contribution is 2.35. The molecule has 6 nitrogen and oxygen atoms in total. The standard InChI is InChI=1S/C23H23N5O/c24-23-21-20(12-15-26-23)28(17-10-13-25-14-11-17)27-22(21)16-6-8-19(9-7-16)29-18-4-2-1-3-5-18/h1-9,12,15,17,25H,10-11,13-14H2,(H2,24,26). The Balaban J connectivity index is 1.52. The molecule has 2 aromatic carbocycles. The van der Waals surface area contributed by atoms with Gasteiger partial charge in [0.2, 0.25) is 0 Å². The monoisotopic (exact) mass is 385 g/mol. The molecule has 0 bridgehead atoms. The van der Waals surface area contributed by atoms with Gasteiger partial charge in [-0.25, -0.2) is 4.98 Å². The van der Waals surface area contributed by atoms with Crippen LogP contribution in [0.2, 0.25) is 0 Å². The number of anilines is 1. The number of benzene rings is 2. The van der Waals surface area contributed by atoms with Gasteiger partial charge in [0, 0.05) is 11.8 Å². The SMILES string of the molecule is Nc1nccc2c1c(-c1ccc(Oc3ccccc3)cc1)nn2C1CCNCC1. The van der Waals surface area contributed by atoms with Crippen LogP contribution in [0.3, 0.4) is 0 Å². The summed E-state index contributed by atoms with van der Waals surface area (Å²) in [6.45, 7) is 2.01. The van der Waals surface area contributed by atoms with Crippen LogP contribution in [0, 0.1) is 0 Å². The Morgan fingerprint density at radius 1 is 0.931 bits per heavy atom. The maximum Gasteiger partial charge on any atom is 0.135 e. The smallest absolute Gasteiger partial charge is 0.135 e. The lowest BCUT2D eigenvalue weighted by molar-refractivity contribution is 0.352. The van der Waals surface area contributed by atoms with E-state index in [9.17, 15) is 0 Å². The van der Waals surface area contributed by atoms with Gasteiger partial charge in [-0.05, 0) is 68.4 Å². The maximum absolute atomic E-state index is 6.27. The second kappa shape index (κ2) is 7.56. The zero-order chi connectivity index (χ0) is 19.6. The van der Waals surface area contributed by atoms with Gasteiger partial charge in [0.15, 0.2) is 0 Å². The predicted molar refractivity (Wildman–Crippen MR) is 115 cm³/mol. The quantitative estimate of drug-likeness (QED) is 0.544. The number of para-hydroxylation sites is 1. The minimum Gasteiger partial charge on any atom is -0.457 e. The molecule has 29 heavy (non-hydrogen) atoms. The van der Waals surface area contributed by atoms with Crippen molar-refractivity contribution in [2.75, 3.05) is 18.8 Å². The van der Waals surface area contributed by atoms with Crippen LogP contribution in [0.1, 0.15) is 18.9 Å². The summed E-state index contributed by atoms with van der Waals surface area (Å²) in [6, 6.07) is 20.1. The number of pyridine rings is 1. The molecule has 0 saturated carbocycles. The van der Waals surface area contributed by atoms with Crippen molar-refractivity contribution in [3.63, 3.8) is 0 Å². The molecule has 1 aliphatic rings. The third-order valence-corrected chi connectivity index (χ3v) is 5.41. The molecule has 3 N–H and O–H groups in total. The number of aromatic nitrogens is 3. The number of hydrogen-bond donors (Lipinski definition) is 2. The lowest BCUT2D eigenvalue weighted by Crippen LogP contribution is -2.29. The van der Waals surface area contributed by atoms with Gasteiger partial charge in [-0.15, -0.1) is 0 Å². The summed E-state index contributed by atoms with van der Waals surface area (Å²) in [5.74, 6) is 2.12. The first kappa shape index (κ1) is 17.7. The third kappa shape index (κ3) is 3.43. The molecule has 3 heterocycles. The number of piperidine rings is 1. The molecule has 0 spiro atoms. The first-order valence-corrected chi connectivity index (χ1v) is 9.96. The number of nitrogens with zero attached hydrogens (tertiary/aromatic N) is 3. The number of nitrogens with one attached hydrogen (secondary N) is 1. The minimum atomic E-state index is 0.370. The van der Waals surface area contributed by atoms with Crippen molar-refractivity contribution < 1.29 is 4.74 Å². The van der Waals surface area contributed by atoms with Crippen LogP contribution in [-0.2, 0) is 0 Å². The zero-order valence-electron chi connectivity index (χ0n) is 16.1. The summed E-state index contributed by atoms with van der Waals surface area (Å²) in [5.41, 5.74) is 9.19. The van der Waals surface area contributed by atoms with Gasteiger partial charge in [0.05, 0.1) is 16.9 Å². The Morgan fingerprint density at radius 2 is 1.66 bits per heavy atom. The normalized spacial score (nSPS) is 14.9. The molecule has 2 aromatic heterocycles. The molecule has 0 atom stereocenters. The Bertz CT molecular complexity index is 1120. The maximum atomic E-state index is 6.27. The number of fused-ring (bicyclic) bond motifs is 1. The van der Waals surface area contributed by atoms with Crippen molar-refractivity contribution in [2.45, 2.75) is 18.9 Å². The lowest BCUT2D eigenvalue weighted by Gasteiger charge is -2.23. The van der Waals surface area contributed by atoms with Gasteiger partial charge < -0.3 is 15.8 Å². The zero-order valence-corrected chi connectivity index (χ0v) is 16.1. The Morgan fingerprint density at radius 3 is 2.41 bits per heavy atom. The van der Waals surface area contributed by atoms with E-state index in [4.69, 9.17) is 15.6 Å². The van der Waals surface area contributed by atoms with Crippen LogP contribution in [-0.4, -0.2) is 27.9 Å². The van der Waals surface area contributed by atoms with Gasteiger partial charge in [0.1, 0.15) is 23.0 Å². The molecule has 0 amide bonds. The highest BCUT2D eigenvalue weighted by atomic mass is 16.5. The molecular formula is C23H23N5O. The molecule has 1 aliphatic heterocycles. The van der Waals surface area contributed by atoms with E-state index in [1.54, 1.807) is 6.20 Å². The van der Waals surface area contributed by atoms with E-state index >= 15 is 0 Å². The summed E-state index contributed by atoms with van der Waals surface area (Å²) in [4.78, 5) is 4.31. The van der Waals surface area contributed by atoms with Gasteiger partial charge >= 0.3 is 0 Å². The van der Waals surface area contributed by atoms with Crippen molar-refractivity contribution in [3.8, 4) is 22.8 Å². The molecular weight excluding hydrogens is 362 g/mol. The number of ether oxygens (including phenoxy) is 1. The fraction of sp³-hybridized carbons (Fsp3) is 0.217. The average molecular weight is 385 g/mol. The van der Waals surface area contributed by atoms with E-state index < -0.39 is 0 Å². The summed E-state index contributed by atoms with van der Waals surface area (Å²) >= 11 is 0. The average Bonchev–Trinajstić information content (AvgIpc) is 3.17. The number of nitrogen functional groups attached to an aromatic ring is 1. The van der Waals surface area contributed by atoms with Gasteiger partial charge in [-0.3, -0.25) is 4.68 Å². The second-order valence-corrected chi connectivity index (χ2v) is 7.30. The molecule has 0 unspecified atom stereocenters. The van der Waals surface area contributed by atoms with Gasteiger partial charge in [0.25, 0.3) is 0 Å². The van der Waals surface area contributed by atoms with Gasteiger partial charge in [-0.2, -0.15) is 5.10 Å². The number of hydrogen-bond acceptors (Lipinski definition) is 5. The van der Waals surface area contributed by atoms with E-state index in [1.807, 2.05) is 60.7 Å². The molecule has 6 heteroatoms. The molecule has 1 fully saturated rings. The van der Waals surface area contributed by atoms with Crippen molar-refractivity contribution in [3.05, 3.63) is 66.9 Å². The van der Waals surface area contributed by atoms with Crippen LogP contribution in [0.5, 0.6) is 11.5 Å².